The van der Waals surface area contributed by atoms with Crippen molar-refractivity contribution in [2.45, 2.75) is 6.18 Å². The molecular weight excluding hydrogens is 433 g/mol. The molecule has 0 aliphatic carbocycles. The zero-order valence-electron chi connectivity index (χ0n) is 15.6. The number of fused-ring (bicyclic) bond motifs is 1. The number of hydrogen-bond donors (Lipinski definition) is 3. The minimum absolute atomic E-state index is 0.0486. The van der Waals surface area contributed by atoms with Gasteiger partial charge >= 0.3 is 12.2 Å². The molecule has 4 rings (SSSR count). The maximum absolute atomic E-state index is 13.0. The number of amides is 2. The Labute approximate surface area is 179 Å². The molecule has 0 saturated heterocycles. The van der Waals surface area contributed by atoms with Gasteiger partial charge in [-0.25, -0.2) is 9.78 Å². The van der Waals surface area contributed by atoms with Crippen LogP contribution in [0.5, 0.6) is 11.5 Å². The fourth-order valence-electron chi connectivity index (χ4n) is 2.86. The minimum atomic E-state index is -4.63. The number of pyridine rings is 1. The maximum Gasteiger partial charge on any atom is 0.417 e. The van der Waals surface area contributed by atoms with E-state index in [1.807, 2.05) is 12.1 Å². The number of anilines is 2. The molecule has 0 atom stereocenters. The number of halogens is 4. The van der Waals surface area contributed by atoms with Crippen molar-refractivity contribution >= 4 is 40.0 Å². The lowest BCUT2D eigenvalue weighted by atomic mass is 10.2. The number of H-pyrrole nitrogens is 1. The van der Waals surface area contributed by atoms with Gasteiger partial charge in [0.1, 0.15) is 17.1 Å². The van der Waals surface area contributed by atoms with E-state index in [0.29, 0.717) is 17.2 Å². The molecule has 0 saturated carbocycles. The molecule has 0 spiro atoms. The highest BCUT2D eigenvalue weighted by molar-refractivity contribution is 6.31. The summed E-state index contributed by atoms with van der Waals surface area (Å²) in [5.74, 6) is 0.954. The SMILES string of the molecule is O=C(Nc1cccc(Oc2cnc3[nH]ccc3c2)c1)Nc1ccc(Cl)c(C(F)(F)F)c1. The third-order valence-corrected chi connectivity index (χ3v) is 4.56. The van der Waals surface area contributed by atoms with Crippen LogP contribution in [0.3, 0.4) is 0 Å². The first-order valence-corrected chi connectivity index (χ1v) is 9.31. The molecule has 0 unspecified atom stereocenters. The number of carbonyl (C=O) groups is 1. The first kappa shape index (κ1) is 20.5. The Morgan fingerprint density at radius 2 is 1.77 bits per heavy atom. The second kappa shape index (κ2) is 8.19. The normalized spacial score (nSPS) is 11.4. The standard InChI is InChI=1S/C21H14ClF3N4O2/c22-18-5-4-14(10-17(18)21(23,24)25)29-20(30)28-13-2-1-3-15(9-13)31-16-8-12-6-7-26-19(12)27-11-16/h1-11H,(H,26,27)(H2,28,29,30). The summed E-state index contributed by atoms with van der Waals surface area (Å²) in [5, 5.41) is 5.34. The number of nitrogens with one attached hydrogen (secondary N) is 3. The van der Waals surface area contributed by atoms with Crippen LogP contribution in [0.15, 0.2) is 67.0 Å². The van der Waals surface area contributed by atoms with Crippen LogP contribution in [0.25, 0.3) is 11.0 Å². The van der Waals surface area contributed by atoms with Crippen LogP contribution in [0, 0.1) is 0 Å². The Kier molecular flexibility index (Phi) is 5.43. The van der Waals surface area contributed by atoms with Gasteiger partial charge in [-0.2, -0.15) is 13.2 Å². The number of aromatic amines is 1. The number of hydrogen-bond acceptors (Lipinski definition) is 3. The van der Waals surface area contributed by atoms with Crippen molar-refractivity contribution in [3.05, 3.63) is 77.6 Å². The molecule has 31 heavy (non-hydrogen) atoms. The van der Waals surface area contributed by atoms with Crippen molar-refractivity contribution in [3.8, 4) is 11.5 Å². The van der Waals surface area contributed by atoms with Crippen molar-refractivity contribution in [2.75, 3.05) is 10.6 Å². The highest BCUT2D eigenvalue weighted by Crippen LogP contribution is 2.36. The fraction of sp³-hybridized carbons (Fsp3) is 0.0476. The van der Waals surface area contributed by atoms with Gasteiger partial charge in [0, 0.05) is 29.0 Å². The molecule has 2 heterocycles. The van der Waals surface area contributed by atoms with E-state index in [9.17, 15) is 18.0 Å². The van der Waals surface area contributed by atoms with Crippen molar-refractivity contribution < 1.29 is 22.7 Å². The van der Waals surface area contributed by atoms with E-state index in [4.69, 9.17) is 16.3 Å². The fourth-order valence-corrected chi connectivity index (χ4v) is 3.09. The molecule has 3 N–H and O–H groups in total. The van der Waals surface area contributed by atoms with E-state index in [-0.39, 0.29) is 5.69 Å². The molecule has 158 valence electrons. The van der Waals surface area contributed by atoms with Crippen molar-refractivity contribution in [1.82, 2.24) is 9.97 Å². The van der Waals surface area contributed by atoms with E-state index in [2.05, 4.69) is 20.6 Å². The van der Waals surface area contributed by atoms with Gasteiger partial charge in [0.2, 0.25) is 0 Å². The summed E-state index contributed by atoms with van der Waals surface area (Å²) in [6.45, 7) is 0. The van der Waals surface area contributed by atoms with Gasteiger partial charge in [0.25, 0.3) is 0 Å². The molecule has 0 aliphatic rings. The van der Waals surface area contributed by atoms with Crippen LogP contribution >= 0.6 is 11.6 Å². The first-order chi connectivity index (χ1) is 14.8. The topological polar surface area (TPSA) is 79.0 Å². The number of carbonyl (C=O) groups excluding carboxylic acids is 1. The number of aromatic nitrogens is 2. The Hall–Kier alpha value is -3.72. The van der Waals surface area contributed by atoms with E-state index in [1.54, 1.807) is 36.7 Å². The highest BCUT2D eigenvalue weighted by atomic mass is 35.5. The van der Waals surface area contributed by atoms with Crippen molar-refractivity contribution in [3.63, 3.8) is 0 Å². The molecule has 4 aromatic rings. The first-order valence-electron chi connectivity index (χ1n) is 8.94. The average Bonchev–Trinajstić information content (AvgIpc) is 3.17. The quantitative estimate of drug-likeness (QED) is 0.327. The van der Waals surface area contributed by atoms with Gasteiger partial charge in [0.15, 0.2) is 0 Å². The second-order valence-corrected chi connectivity index (χ2v) is 6.90. The van der Waals surface area contributed by atoms with Crippen LogP contribution in [0.2, 0.25) is 5.02 Å². The molecule has 6 nitrogen and oxygen atoms in total. The third-order valence-electron chi connectivity index (χ3n) is 4.23. The summed E-state index contributed by atoms with van der Waals surface area (Å²) >= 11 is 5.59. The highest BCUT2D eigenvalue weighted by Gasteiger charge is 2.33. The summed E-state index contributed by atoms with van der Waals surface area (Å²) in [4.78, 5) is 19.4. The van der Waals surface area contributed by atoms with E-state index in [1.165, 1.54) is 6.07 Å². The summed E-state index contributed by atoms with van der Waals surface area (Å²) < 4.78 is 44.7. The monoisotopic (exact) mass is 446 g/mol. The predicted octanol–water partition coefficient (Wildman–Crippen LogP) is 6.67. The van der Waals surface area contributed by atoms with Gasteiger partial charge in [-0.1, -0.05) is 17.7 Å². The number of nitrogens with zero attached hydrogens (tertiary/aromatic N) is 1. The molecule has 0 aliphatic heterocycles. The summed E-state index contributed by atoms with van der Waals surface area (Å²) in [6.07, 6.45) is -1.30. The molecule has 2 aromatic carbocycles. The van der Waals surface area contributed by atoms with Crippen LogP contribution < -0.4 is 15.4 Å². The number of ether oxygens (including phenoxy) is 1. The van der Waals surface area contributed by atoms with Crippen LogP contribution in [0.4, 0.5) is 29.3 Å². The van der Waals surface area contributed by atoms with Crippen LogP contribution in [-0.2, 0) is 6.18 Å². The zero-order chi connectivity index (χ0) is 22.0. The Morgan fingerprint density at radius 3 is 2.55 bits per heavy atom. The number of rotatable bonds is 4. The van der Waals surface area contributed by atoms with E-state index >= 15 is 0 Å². The Bertz CT molecular complexity index is 1260. The van der Waals surface area contributed by atoms with Crippen molar-refractivity contribution in [2.24, 2.45) is 0 Å². The summed E-state index contributed by atoms with van der Waals surface area (Å²) in [6, 6.07) is 12.6. The third kappa shape index (κ3) is 4.89. The van der Waals surface area contributed by atoms with Crippen LogP contribution in [-0.4, -0.2) is 16.0 Å². The molecule has 2 amide bonds. The molecule has 0 bridgehead atoms. The van der Waals surface area contributed by atoms with E-state index < -0.39 is 22.8 Å². The molecule has 0 radical (unpaired) electrons. The zero-order valence-corrected chi connectivity index (χ0v) is 16.4. The summed E-state index contributed by atoms with van der Waals surface area (Å²) in [5.41, 5.74) is 0.0360. The average molecular weight is 447 g/mol. The maximum atomic E-state index is 13.0. The number of benzene rings is 2. The Balaban J connectivity index is 1.44. The lowest BCUT2D eigenvalue weighted by molar-refractivity contribution is -0.137. The van der Waals surface area contributed by atoms with Crippen molar-refractivity contribution in [1.29, 1.82) is 0 Å². The number of urea groups is 1. The van der Waals surface area contributed by atoms with Crippen LogP contribution in [0.1, 0.15) is 5.56 Å². The largest absolute Gasteiger partial charge is 0.456 e. The lowest BCUT2D eigenvalue weighted by Gasteiger charge is -2.13. The second-order valence-electron chi connectivity index (χ2n) is 6.49. The van der Waals surface area contributed by atoms with Gasteiger partial charge in [-0.15, -0.1) is 0 Å². The van der Waals surface area contributed by atoms with Gasteiger partial charge < -0.3 is 20.4 Å². The smallest absolute Gasteiger partial charge is 0.417 e. The molecule has 0 fully saturated rings. The van der Waals surface area contributed by atoms with Gasteiger partial charge in [-0.3, -0.25) is 0 Å². The summed E-state index contributed by atoms with van der Waals surface area (Å²) in [7, 11) is 0. The Morgan fingerprint density at radius 1 is 1.00 bits per heavy atom. The molecular formula is C21H14ClF3N4O2. The predicted molar refractivity (Wildman–Crippen MR) is 112 cm³/mol. The van der Waals surface area contributed by atoms with E-state index in [0.717, 1.165) is 23.2 Å². The number of alkyl halides is 3. The molecule has 10 heteroatoms. The molecule has 2 aromatic heterocycles. The lowest BCUT2D eigenvalue weighted by Crippen LogP contribution is -2.20. The van der Waals surface area contributed by atoms with Gasteiger partial charge in [0.05, 0.1) is 16.8 Å². The van der Waals surface area contributed by atoms with Gasteiger partial charge in [-0.05, 0) is 42.5 Å². The minimum Gasteiger partial charge on any atom is -0.456 e.